The maximum atomic E-state index is 12.8. The average molecular weight is 1090 g/mol. The number of nitrogen functional groups attached to an aromatic ring is 1. The number of aromatic hydroxyl groups is 1. The van der Waals surface area contributed by atoms with Gasteiger partial charge in [-0.05, 0) is 183 Å². The smallest absolute Gasteiger partial charge is 0.264 e. The summed E-state index contributed by atoms with van der Waals surface area (Å²) in [6, 6.07) is 36.8. The van der Waals surface area contributed by atoms with Crippen LogP contribution in [0.4, 0.5) is 56.9 Å². The maximum absolute atomic E-state index is 12.8. The molecule has 8 rings (SSSR count). The first kappa shape index (κ1) is 55.4. The van der Waals surface area contributed by atoms with Gasteiger partial charge < -0.3 is 25.6 Å². The zero-order valence-corrected chi connectivity index (χ0v) is 44.7. The molecule has 0 aliphatic rings. The minimum absolute atomic E-state index is 0.00151. The highest BCUT2D eigenvalue weighted by Crippen LogP contribution is 2.41. The fraction of sp³-hybridized carbons (Fsp3) is 0.196. The Balaban J connectivity index is 0.973. The Hall–Kier alpha value is -8.83. The summed E-state index contributed by atoms with van der Waals surface area (Å²) in [5.74, 6) is -0.495. The summed E-state index contributed by atoms with van der Waals surface area (Å²) >= 11 is 0. The van der Waals surface area contributed by atoms with Crippen molar-refractivity contribution in [2.45, 2.75) is 47.5 Å². The monoisotopic (exact) mass is 1090 g/mol. The number of nitrogens with one attached hydrogen (secondary N) is 1. The number of rotatable bonds is 20. The lowest BCUT2D eigenvalue weighted by Crippen LogP contribution is -2.11. The minimum atomic E-state index is -4.23. The number of nitrogens with two attached hydrogens (primary N) is 1. The van der Waals surface area contributed by atoms with Gasteiger partial charge in [-0.25, -0.2) is 0 Å². The molecule has 0 fully saturated rings. The molecule has 0 atom stereocenters. The molecule has 0 bridgehead atoms. The summed E-state index contributed by atoms with van der Waals surface area (Å²) < 4.78 is 75.5. The first-order chi connectivity index (χ1) is 37.2. The van der Waals surface area contributed by atoms with Gasteiger partial charge in [0.2, 0.25) is 0 Å². The number of nitrogens with zero attached hydrogens (tertiary/aromatic N) is 8. The molecule has 6 N–H and O–H groups in total. The molecule has 1 amide bonds. The molecule has 0 aliphatic carbocycles. The van der Waals surface area contributed by atoms with Gasteiger partial charge in [0, 0.05) is 33.8 Å². The van der Waals surface area contributed by atoms with Crippen LogP contribution in [0.25, 0.3) is 21.5 Å². The van der Waals surface area contributed by atoms with Crippen LogP contribution in [-0.4, -0.2) is 61.7 Å². The number of carbonyl (C=O) groups is 1. The molecule has 400 valence electrons. The van der Waals surface area contributed by atoms with Crippen molar-refractivity contribution in [3.8, 4) is 17.2 Å². The summed E-state index contributed by atoms with van der Waals surface area (Å²) in [6.45, 7) is 9.27. The normalized spacial score (nSPS) is 12.2. The number of fused-ring (bicyclic) bond motifs is 2. The summed E-state index contributed by atoms with van der Waals surface area (Å²) in [4.78, 5) is 12.8. The molecule has 0 unspecified atom stereocenters. The first-order valence-electron chi connectivity index (χ1n) is 24.3. The fourth-order valence-electron chi connectivity index (χ4n) is 7.97. The topological polar surface area (TPSA) is 301 Å². The van der Waals surface area contributed by atoms with E-state index in [-0.39, 0.29) is 49.1 Å². The Labute approximate surface area is 450 Å². The number of phenols is 1. The number of benzene rings is 8. The number of aryl methyl sites for hydroxylation is 5. The van der Waals surface area contributed by atoms with Crippen molar-refractivity contribution >= 4 is 105 Å². The third kappa shape index (κ3) is 14.6. The second-order valence-corrected chi connectivity index (χ2v) is 21.5. The van der Waals surface area contributed by atoms with E-state index in [1.807, 2.05) is 77.1 Å². The molecular weight excluding hydrogens is 1040 g/mol. The van der Waals surface area contributed by atoms with E-state index in [4.69, 9.17) is 19.8 Å². The van der Waals surface area contributed by atoms with Crippen LogP contribution < -0.4 is 20.5 Å². The second kappa shape index (κ2) is 24.0. The van der Waals surface area contributed by atoms with Crippen LogP contribution in [0.5, 0.6) is 17.2 Å². The zero-order valence-electron chi connectivity index (χ0n) is 43.0. The molecule has 0 heterocycles. The lowest BCUT2D eigenvalue weighted by molar-refractivity contribution is 0.102. The Morgan fingerprint density at radius 2 is 0.987 bits per heavy atom. The van der Waals surface area contributed by atoms with E-state index in [2.05, 4.69) is 46.2 Å². The van der Waals surface area contributed by atoms with Crippen molar-refractivity contribution in [1.82, 2.24) is 0 Å². The number of hydrogen-bond donors (Lipinski definition) is 5. The lowest BCUT2D eigenvalue weighted by atomic mass is 10.1. The molecule has 78 heavy (non-hydrogen) atoms. The molecule has 0 spiro atoms. The van der Waals surface area contributed by atoms with E-state index in [0.29, 0.717) is 84.4 Å². The van der Waals surface area contributed by atoms with Crippen molar-refractivity contribution in [2.24, 2.45) is 40.9 Å². The number of azo groups is 4. The van der Waals surface area contributed by atoms with Gasteiger partial charge in [0.1, 0.15) is 22.9 Å². The van der Waals surface area contributed by atoms with Crippen molar-refractivity contribution in [1.29, 1.82) is 0 Å². The van der Waals surface area contributed by atoms with Crippen LogP contribution in [0, 0.1) is 34.6 Å². The first-order valence-corrected chi connectivity index (χ1v) is 27.5. The van der Waals surface area contributed by atoms with Crippen LogP contribution in [-0.2, 0) is 20.2 Å². The molecule has 0 saturated heterocycles. The molecule has 20 nitrogen and oxygen atoms in total. The number of ether oxygens (including phenoxy) is 2. The van der Waals surface area contributed by atoms with Gasteiger partial charge in [0.15, 0.2) is 5.75 Å². The third-order valence-electron chi connectivity index (χ3n) is 12.2. The highest BCUT2D eigenvalue weighted by atomic mass is 32.2. The average Bonchev–Trinajstić information content (AvgIpc) is 3.39. The van der Waals surface area contributed by atoms with Crippen LogP contribution in [0.15, 0.2) is 168 Å². The molecule has 0 aliphatic heterocycles. The van der Waals surface area contributed by atoms with Crippen LogP contribution in [0.1, 0.15) is 51.0 Å². The molecule has 0 aromatic heterocycles. The van der Waals surface area contributed by atoms with Crippen molar-refractivity contribution in [3.05, 3.63) is 161 Å². The summed E-state index contributed by atoms with van der Waals surface area (Å²) in [6.07, 6.45) is 0.124. The van der Waals surface area contributed by atoms with Gasteiger partial charge in [0.25, 0.3) is 26.1 Å². The quantitative estimate of drug-likeness (QED) is 0.0207. The lowest BCUT2D eigenvalue weighted by Gasteiger charge is -2.11. The molecule has 0 saturated carbocycles. The number of anilines is 2. The number of carbonyl (C=O) groups excluding carboxylic acids is 1. The molecule has 0 radical (unpaired) electrons. The summed E-state index contributed by atoms with van der Waals surface area (Å²) in [5.41, 5.74) is 14.8. The van der Waals surface area contributed by atoms with E-state index < -0.39 is 31.7 Å². The van der Waals surface area contributed by atoms with Gasteiger partial charge in [-0.15, -0.1) is 10.2 Å². The highest BCUT2D eigenvalue weighted by molar-refractivity contribution is 7.86. The number of hydrogen-bond acceptors (Lipinski definition) is 17. The van der Waals surface area contributed by atoms with Gasteiger partial charge in [-0.2, -0.15) is 47.5 Å². The molecule has 8 aromatic rings. The predicted molar refractivity (Wildman–Crippen MR) is 301 cm³/mol. The summed E-state index contributed by atoms with van der Waals surface area (Å²) in [5, 5.41) is 52.9. The van der Waals surface area contributed by atoms with E-state index in [1.54, 1.807) is 84.9 Å². The van der Waals surface area contributed by atoms with E-state index in [9.17, 15) is 31.3 Å². The molecule has 22 heteroatoms. The second-order valence-electron chi connectivity index (χ2n) is 18.3. The van der Waals surface area contributed by atoms with E-state index in [0.717, 1.165) is 27.5 Å². The Morgan fingerprint density at radius 1 is 0.500 bits per heavy atom. The van der Waals surface area contributed by atoms with Gasteiger partial charge >= 0.3 is 0 Å². The van der Waals surface area contributed by atoms with E-state index >= 15 is 0 Å². The number of amides is 1. The van der Waals surface area contributed by atoms with Crippen LogP contribution in [0.2, 0.25) is 0 Å². The Morgan fingerprint density at radius 3 is 1.55 bits per heavy atom. The largest absolute Gasteiger partial charge is 0.505 e. The van der Waals surface area contributed by atoms with Crippen LogP contribution >= 0.6 is 0 Å². The van der Waals surface area contributed by atoms with Gasteiger partial charge in [-0.3, -0.25) is 13.9 Å². The molecular formula is C56H54N10O10S2. The van der Waals surface area contributed by atoms with Crippen molar-refractivity contribution in [2.75, 3.05) is 35.8 Å². The minimum Gasteiger partial charge on any atom is -0.505 e. The Kier molecular flexibility index (Phi) is 17.1. The predicted octanol–water partition coefficient (Wildman–Crippen LogP) is 15.1. The Bertz CT molecular complexity index is 3960. The standard InChI is InChI=1S/C56H54N10O10S2/c1-33-26-49(34(2)25-47(33)61-59-43-17-13-38-9-6-10-53(45(38)31-43)75-21-7-23-77(69,70)71)63-65-51-32-54(76-22-8-24-78(72,73)74)52(29-37(51)5)66-64-50-28-35(3)48(27-36(50)4)62-60-46-20-14-40-30-42(18-19-44(40)55(46)67)58-56(68)39-11-15-41(57)16-12-39/h6,9-20,25-32,67H,7-8,21-24,57H2,1-5H3,(H,58,68)(H,69,70,71)(H,72,73,74). The van der Waals surface area contributed by atoms with E-state index in [1.165, 1.54) is 0 Å². The zero-order chi connectivity index (χ0) is 55.7. The maximum Gasteiger partial charge on any atom is 0.264 e. The van der Waals surface area contributed by atoms with Crippen molar-refractivity contribution in [3.63, 3.8) is 0 Å². The van der Waals surface area contributed by atoms with Gasteiger partial charge in [0.05, 0.1) is 58.8 Å². The summed E-state index contributed by atoms with van der Waals surface area (Å²) in [7, 11) is -8.32. The van der Waals surface area contributed by atoms with Crippen molar-refractivity contribution < 1.29 is 45.3 Å². The van der Waals surface area contributed by atoms with Gasteiger partial charge in [-0.1, -0.05) is 24.3 Å². The highest BCUT2D eigenvalue weighted by Gasteiger charge is 2.15. The number of phenolic OH excluding ortho intramolecular Hbond substituents is 1. The van der Waals surface area contributed by atoms with Crippen LogP contribution in [0.3, 0.4) is 0 Å². The third-order valence-corrected chi connectivity index (χ3v) is 13.8. The fourth-order valence-corrected chi connectivity index (χ4v) is 8.93. The molecule has 8 aromatic carbocycles. The SMILES string of the molecule is Cc1cc(N=Nc2cc(OCCCS(=O)(=O)O)c(N=Nc3cc(C)c(N=Nc4ccc5cc(NC(=O)c6ccc(N)cc6)ccc5c4O)cc3C)cc2C)c(C)cc1N=Nc1ccc2cccc(OCCCS(=O)(=O)O)c2c1.